The molecule has 1 heterocycles. The molecule has 0 aromatic heterocycles. The van der Waals surface area contributed by atoms with Gasteiger partial charge in [-0.1, -0.05) is 49.6 Å². The molecule has 0 radical (unpaired) electrons. The van der Waals surface area contributed by atoms with E-state index < -0.39 is 6.04 Å². The van der Waals surface area contributed by atoms with E-state index in [9.17, 15) is 9.59 Å². The van der Waals surface area contributed by atoms with Gasteiger partial charge in [0, 0.05) is 6.42 Å². The molecule has 2 amide bonds. The highest BCUT2D eigenvalue weighted by Crippen LogP contribution is 2.14. The molecule has 1 fully saturated rings. The average Bonchev–Trinajstić information content (AvgIpc) is 2.49. The molecule has 2 unspecified atom stereocenters. The van der Waals surface area contributed by atoms with Gasteiger partial charge in [-0.2, -0.15) is 0 Å². The van der Waals surface area contributed by atoms with Gasteiger partial charge in [-0.3, -0.25) is 9.59 Å². The van der Waals surface area contributed by atoms with Crippen LogP contribution in [0.4, 0.5) is 0 Å². The third-order valence-corrected chi connectivity index (χ3v) is 3.64. The maximum atomic E-state index is 12.6. The molecule has 1 aromatic rings. The molecule has 4 heteroatoms. The second-order valence-corrected chi connectivity index (χ2v) is 5.25. The lowest BCUT2D eigenvalue weighted by Crippen LogP contribution is -2.61. The van der Waals surface area contributed by atoms with E-state index in [0.29, 0.717) is 12.8 Å². The maximum Gasteiger partial charge on any atom is 0.246 e. The largest absolute Gasteiger partial charge is 0.342 e. The van der Waals surface area contributed by atoms with Crippen LogP contribution in [-0.2, 0) is 16.0 Å². The Morgan fingerprint density at radius 2 is 2.10 bits per heavy atom. The molecule has 1 aliphatic heterocycles. The zero-order valence-corrected chi connectivity index (χ0v) is 12.2. The lowest BCUT2D eigenvalue weighted by Gasteiger charge is -2.36. The van der Waals surface area contributed by atoms with Crippen LogP contribution in [0.5, 0.6) is 0 Å². The maximum absolute atomic E-state index is 12.6. The summed E-state index contributed by atoms with van der Waals surface area (Å²) in [6, 6.07) is 8.83. The van der Waals surface area contributed by atoms with Crippen molar-refractivity contribution in [3.8, 4) is 12.3 Å². The van der Waals surface area contributed by atoms with Crippen LogP contribution in [0.2, 0.25) is 0 Å². The van der Waals surface area contributed by atoms with E-state index in [4.69, 9.17) is 6.42 Å². The standard InChI is InChI=1S/C17H20N2O2/c1-3-8-14(4-2)19-12-16(20)18-15(17(19)21)11-13-9-6-5-7-10-13/h2,5-7,9-10,14-15H,3,8,11-12H2,1H3,(H,18,20). The van der Waals surface area contributed by atoms with Crippen molar-refractivity contribution >= 4 is 11.8 Å². The number of nitrogens with zero attached hydrogens (tertiary/aromatic N) is 1. The van der Waals surface area contributed by atoms with E-state index >= 15 is 0 Å². The van der Waals surface area contributed by atoms with Crippen molar-refractivity contribution in [3.05, 3.63) is 35.9 Å². The summed E-state index contributed by atoms with van der Waals surface area (Å²) in [5.41, 5.74) is 1.02. The number of carbonyl (C=O) groups is 2. The number of terminal acetylenes is 1. The summed E-state index contributed by atoms with van der Waals surface area (Å²) in [4.78, 5) is 26.0. The Morgan fingerprint density at radius 1 is 1.38 bits per heavy atom. The van der Waals surface area contributed by atoms with E-state index in [1.807, 2.05) is 37.3 Å². The minimum Gasteiger partial charge on any atom is -0.342 e. The molecule has 0 aliphatic carbocycles. The number of piperazine rings is 1. The van der Waals surface area contributed by atoms with Crippen molar-refractivity contribution in [2.75, 3.05) is 6.54 Å². The Morgan fingerprint density at radius 3 is 2.71 bits per heavy atom. The molecule has 1 aliphatic rings. The molecule has 110 valence electrons. The number of rotatable bonds is 5. The van der Waals surface area contributed by atoms with Gasteiger partial charge < -0.3 is 10.2 Å². The number of carbonyl (C=O) groups excluding carboxylic acids is 2. The lowest BCUT2D eigenvalue weighted by molar-refractivity contribution is -0.145. The Labute approximate surface area is 125 Å². The molecular weight excluding hydrogens is 264 g/mol. The van der Waals surface area contributed by atoms with Gasteiger partial charge in [0.05, 0.1) is 6.04 Å². The molecular formula is C17H20N2O2. The Balaban J connectivity index is 2.14. The van der Waals surface area contributed by atoms with Crippen molar-refractivity contribution in [3.63, 3.8) is 0 Å². The number of hydrogen-bond acceptors (Lipinski definition) is 2. The quantitative estimate of drug-likeness (QED) is 0.830. The molecule has 1 N–H and O–H groups in total. The van der Waals surface area contributed by atoms with E-state index in [1.165, 1.54) is 4.90 Å². The highest BCUT2D eigenvalue weighted by molar-refractivity contribution is 5.95. The predicted octanol–water partition coefficient (Wildman–Crippen LogP) is 1.36. The number of hydrogen-bond donors (Lipinski definition) is 1. The van der Waals surface area contributed by atoms with Crippen LogP contribution in [0.15, 0.2) is 30.3 Å². The van der Waals surface area contributed by atoms with Crippen molar-refractivity contribution in [2.45, 2.75) is 38.3 Å². The van der Waals surface area contributed by atoms with Crippen LogP contribution in [0, 0.1) is 12.3 Å². The van der Waals surface area contributed by atoms with Gasteiger partial charge in [0.2, 0.25) is 11.8 Å². The van der Waals surface area contributed by atoms with Crippen molar-refractivity contribution in [1.82, 2.24) is 10.2 Å². The van der Waals surface area contributed by atoms with Crippen LogP contribution in [0.1, 0.15) is 25.3 Å². The Bertz CT molecular complexity index is 548. The summed E-state index contributed by atoms with van der Waals surface area (Å²) in [5.74, 6) is 2.40. The average molecular weight is 284 g/mol. The van der Waals surface area contributed by atoms with Gasteiger partial charge in [0.25, 0.3) is 0 Å². The number of benzene rings is 1. The monoisotopic (exact) mass is 284 g/mol. The van der Waals surface area contributed by atoms with Crippen LogP contribution in [-0.4, -0.2) is 35.3 Å². The summed E-state index contributed by atoms with van der Waals surface area (Å²) in [6.45, 7) is 2.07. The molecule has 1 saturated heterocycles. The smallest absolute Gasteiger partial charge is 0.246 e. The molecule has 0 spiro atoms. The third kappa shape index (κ3) is 3.63. The first-order valence-corrected chi connectivity index (χ1v) is 7.25. The molecule has 21 heavy (non-hydrogen) atoms. The van der Waals surface area contributed by atoms with Crippen molar-refractivity contribution < 1.29 is 9.59 Å². The number of amides is 2. The first kappa shape index (κ1) is 15.1. The summed E-state index contributed by atoms with van der Waals surface area (Å²) < 4.78 is 0. The highest BCUT2D eigenvalue weighted by atomic mass is 16.2. The fraction of sp³-hybridized carbons (Fsp3) is 0.412. The zero-order valence-electron chi connectivity index (χ0n) is 12.2. The van der Waals surface area contributed by atoms with Crippen LogP contribution in [0.3, 0.4) is 0 Å². The van der Waals surface area contributed by atoms with Gasteiger partial charge in [0.1, 0.15) is 12.6 Å². The topological polar surface area (TPSA) is 49.4 Å². The fourth-order valence-electron chi connectivity index (χ4n) is 2.59. The Kier molecular flexibility index (Phi) is 4.99. The van der Waals surface area contributed by atoms with Crippen LogP contribution >= 0.6 is 0 Å². The van der Waals surface area contributed by atoms with Crippen molar-refractivity contribution in [2.24, 2.45) is 0 Å². The minimum absolute atomic E-state index is 0.0546. The van der Waals surface area contributed by atoms with Gasteiger partial charge in [-0.05, 0) is 12.0 Å². The minimum atomic E-state index is -0.527. The lowest BCUT2D eigenvalue weighted by atomic mass is 10.0. The molecule has 1 aromatic carbocycles. The fourth-order valence-corrected chi connectivity index (χ4v) is 2.59. The zero-order chi connectivity index (χ0) is 15.2. The third-order valence-electron chi connectivity index (χ3n) is 3.64. The van der Waals surface area contributed by atoms with Crippen LogP contribution < -0.4 is 5.32 Å². The van der Waals surface area contributed by atoms with Gasteiger partial charge >= 0.3 is 0 Å². The predicted molar refractivity (Wildman–Crippen MR) is 81.3 cm³/mol. The molecule has 2 rings (SSSR count). The van der Waals surface area contributed by atoms with E-state index in [1.54, 1.807) is 0 Å². The molecule has 0 bridgehead atoms. The summed E-state index contributed by atoms with van der Waals surface area (Å²) in [5, 5.41) is 2.77. The summed E-state index contributed by atoms with van der Waals surface area (Å²) in [7, 11) is 0. The molecule has 0 saturated carbocycles. The molecule has 2 atom stereocenters. The first-order valence-electron chi connectivity index (χ1n) is 7.25. The van der Waals surface area contributed by atoms with Gasteiger partial charge in [-0.25, -0.2) is 0 Å². The summed E-state index contributed by atoms with van der Waals surface area (Å²) in [6.07, 6.45) is 7.61. The van der Waals surface area contributed by atoms with E-state index in [2.05, 4.69) is 11.2 Å². The van der Waals surface area contributed by atoms with E-state index in [-0.39, 0.29) is 24.4 Å². The first-order chi connectivity index (χ1) is 10.2. The van der Waals surface area contributed by atoms with E-state index in [0.717, 1.165) is 12.0 Å². The Hall–Kier alpha value is -2.28. The second-order valence-electron chi connectivity index (χ2n) is 5.25. The number of nitrogens with one attached hydrogen (secondary N) is 1. The molecule has 4 nitrogen and oxygen atoms in total. The van der Waals surface area contributed by atoms with Crippen LogP contribution in [0.25, 0.3) is 0 Å². The normalized spacial score (nSPS) is 19.8. The van der Waals surface area contributed by atoms with Gasteiger partial charge in [0.15, 0.2) is 0 Å². The van der Waals surface area contributed by atoms with Crippen molar-refractivity contribution in [1.29, 1.82) is 0 Å². The van der Waals surface area contributed by atoms with Gasteiger partial charge in [-0.15, -0.1) is 6.42 Å². The summed E-state index contributed by atoms with van der Waals surface area (Å²) >= 11 is 0. The second kappa shape index (κ2) is 6.94. The highest BCUT2D eigenvalue weighted by Gasteiger charge is 2.35. The SMILES string of the molecule is C#CC(CCC)N1CC(=O)NC(Cc2ccccc2)C1=O.